The summed E-state index contributed by atoms with van der Waals surface area (Å²) in [5.41, 5.74) is 1.32. The molecule has 2 atom stereocenters. The molecule has 0 spiro atoms. The number of rotatable bonds is 6. The second-order valence-electron chi connectivity index (χ2n) is 5.20. The molecule has 0 bridgehead atoms. The Morgan fingerprint density at radius 2 is 1.94 bits per heavy atom. The van der Waals surface area contributed by atoms with E-state index in [4.69, 9.17) is 0 Å². The highest BCUT2D eigenvalue weighted by atomic mass is 15.3. The standard InChI is InChI=1S/C13H25N3/c1-10(2)8-14-9-11(3)12(4)13-6-7-15-16(13)5/h6-7,10-12,14H,8-9H2,1-5H3. The molecule has 0 aromatic carbocycles. The van der Waals surface area contributed by atoms with E-state index >= 15 is 0 Å². The minimum absolute atomic E-state index is 0.548. The molecule has 0 aliphatic carbocycles. The fraction of sp³-hybridized carbons (Fsp3) is 0.769. The van der Waals surface area contributed by atoms with E-state index in [2.05, 4.69) is 44.2 Å². The lowest BCUT2D eigenvalue weighted by molar-refractivity contribution is 0.414. The zero-order valence-corrected chi connectivity index (χ0v) is 11.2. The lowest BCUT2D eigenvalue weighted by Crippen LogP contribution is -2.28. The smallest absolute Gasteiger partial charge is 0.0492 e. The number of aromatic nitrogens is 2. The molecule has 16 heavy (non-hydrogen) atoms. The molecular weight excluding hydrogens is 198 g/mol. The van der Waals surface area contributed by atoms with Crippen LogP contribution in [0.1, 0.15) is 39.3 Å². The van der Waals surface area contributed by atoms with Crippen LogP contribution in [-0.2, 0) is 7.05 Å². The first kappa shape index (κ1) is 13.2. The lowest BCUT2D eigenvalue weighted by Gasteiger charge is -2.21. The molecule has 0 saturated heterocycles. The van der Waals surface area contributed by atoms with Gasteiger partial charge in [0.15, 0.2) is 0 Å². The van der Waals surface area contributed by atoms with E-state index in [0.29, 0.717) is 11.8 Å². The molecule has 1 aromatic heterocycles. The van der Waals surface area contributed by atoms with Gasteiger partial charge in [0.25, 0.3) is 0 Å². The maximum absolute atomic E-state index is 4.22. The average Bonchev–Trinajstić information content (AvgIpc) is 2.62. The third-order valence-electron chi connectivity index (χ3n) is 3.20. The molecule has 0 saturated carbocycles. The molecule has 1 rings (SSSR count). The van der Waals surface area contributed by atoms with Crippen LogP contribution < -0.4 is 5.32 Å². The van der Waals surface area contributed by atoms with Crippen LogP contribution in [0.3, 0.4) is 0 Å². The van der Waals surface area contributed by atoms with Crippen LogP contribution in [0.25, 0.3) is 0 Å². The van der Waals surface area contributed by atoms with Crippen molar-refractivity contribution in [3.05, 3.63) is 18.0 Å². The molecule has 1 aromatic rings. The van der Waals surface area contributed by atoms with Crippen LogP contribution in [0.15, 0.2) is 12.3 Å². The van der Waals surface area contributed by atoms with Crippen LogP contribution in [0, 0.1) is 11.8 Å². The summed E-state index contributed by atoms with van der Waals surface area (Å²) in [4.78, 5) is 0. The van der Waals surface area contributed by atoms with Gasteiger partial charge in [-0.3, -0.25) is 4.68 Å². The van der Waals surface area contributed by atoms with Crippen molar-refractivity contribution in [2.24, 2.45) is 18.9 Å². The zero-order valence-electron chi connectivity index (χ0n) is 11.2. The van der Waals surface area contributed by atoms with Gasteiger partial charge < -0.3 is 5.32 Å². The van der Waals surface area contributed by atoms with Gasteiger partial charge in [-0.15, -0.1) is 0 Å². The zero-order chi connectivity index (χ0) is 12.1. The molecule has 0 amide bonds. The van der Waals surface area contributed by atoms with Crippen molar-refractivity contribution in [2.75, 3.05) is 13.1 Å². The number of hydrogen-bond acceptors (Lipinski definition) is 2. The quantitative estimate of drug-likeness (QED) is 0.802. The summed E-state index contributed by atoms with van der Waals surface area (Å²) >= 11 is 0. The minimum atomic E-state index is 0.548. The van der Waals surface area contributed by atoms with E-state index in [0.717, 1.165) is 19.0 Å². The number of nitrogens with zero attached hydrogens (tertiary/aromatic N) is 2. The SMILES string of the molecule is CC(C)CNCC(C)C(C)c1ccnn1C. The van der Waals surface area contributed by atoms with E-state index in [1.165, 1.54) is 5.69 Å². The predicted octanol–water partition coefficient (Wildman–Crippen LogP) is 2.41. The first-order valence-corrected chi connectivity index (χ1v) is 6.21. The molecule has 0 aliphatic heterocycles. The molecule has 1 N–H and O–H groups in total. The molecule has 0 aliphatic rings. The maximum atomic E-state index is 4.22. The van der Waals surface area contributed by atoms with Gasteiger partial charge in [0.2, 0.25) is 0 Å². The Morgan fingerprint density at radius 3 is 2.44 bits per heavy atom. The highest BCUT2D eigenvalue weighted by Crippen LogP contribution is 2.22. The van der Waals surface area contributed by atoms with Crippen LogP contribution in [-0.4, -0.2) is 22.9 Å². The lowest BCUT2D eigenvalue weighted by atomic mass is 9.92. The molecule has 2 unspecified atom stereocenters. The van der Waals surface area contributed by atoms with Crippen molar-refractivity contribution in [2.45, 2.75) is 33.6 Å². The van der Waals surface area contributed by atoms with Crippen molar-refractivity contribution in [1.29, 1.82) is 0 Å². The van der Waals surface area contributed by atoms with Crippen LogP contribution in [0.5, 0.6) is 0 Å². The summed E-state index contributed by atoms with van der Waals surface area (Å²) in [6.45, 7) is 11.2. The summed E-state index contributed by atoms with van der Waals surface area (Å²) in [5, 5.41) is 7.74. The summed E-state index contributed by atoms with van der Waals surface area (Å²) in [5.74, 6) is 1.90. The number of hydrogen-bond donors (Lipinski definition) is 1. The first-order valence-electron chi connectivity index (χ1n) is 6.21. The van der Waals surface area contributed by atoms with E-state index < -0.39 is 0 Å². The molecule has 92 valence electrons. The maximum Gasteiger partial charge on any atom is 0.0492 e. The van der Waals surface area contributed by atoms with Gasteiger partial charge >= 0.3 is 0 Å². The van der Waals surface area contributed by atoms with Crippen LogP contribution >= 0.6 is 0 Å². The van der Waals surface area contributed by atoms with Crippen molar-refractivity contribution >= 4 is 0 Å². The van der Waals surface area contributed by atoms with Gasteiger partial charge in [-0.05, 0) is 31.0 Å². The fourth-order valence-electron chi connectivity index (χ4n) is 1.90. The second-order valence-corrected chi connectivity index (χ2v) is 5.20. The van der Waals surface area contributed by atoms with Crippen LogP contribution in [0.2, 0.25) is 0 Å². The Kier molecular flexibility index (Phi) is 5.00. The van der Waals surface area contributed by atoms with E-state index in [1.54, 1.807) is 0 Å². The highest BCUT2D eigenvalue weighted by Gasteiger charge is 2.16. The summed E-state index contributed by atoms with van der Waals surface area (Å²) in [6, 6.07) is 2.11. The largest absolute Gasteiger partial charge is 0.316 e. The third kappa shape index (κ3) is 3.63. The van der Waals surface area contributed by atoms with Gasteiger partial charge in [-0.1, -0.05) is 27.7 Å². The Morgan fingerprint density at radius 1 is 1.25 bits per heavy atom. The van der Waals surface area contributed by atoms with Gasteiger partial charge in [0.05, 0.1) is 0 Å². The number of nitrogens with one attached hydrogen (secondary N) is 1. The highest BCUT2D eigenvalue weighted by molar-refractivity contribution is 5.07. The van der Waals surface area contributed by atoms with Crippen molar-refractivity contribution in [1.82, 2.24) is 15.1 Å². The van der Waals surface area contributed by atoms with Crippen molar-refractivity contribution < 1.29 is 0 Å². The van der Waals surface area contributed by atoms with Crippen molar-refractivity contribution in [3.8, 4) is 0 Å². The van der Waals surface area contributed by atoms with Gasteiger partial charge in [-0.2, -0.15) is 5.10 Å². The molecule has 0 fully saturated rings. The molecule has 0 radical (unpaired) electrons. The Labute approximate surface area is 99.2 Å². The third-order valence-corrected chi connectivity index (χ3v) is 3.20. The Balaban J connectivity index is 2.42. The molecule has 3 nitrogen and oxygen atoms in total. The van der Waals surface area contributed by atoms with E-state index in [9.17, 15) is 0 Å². The topological polar surface area (TPSA) is 29.9 Å². The minimum Gasteiger partial charge on any atom is -0.316 e. The molecule has 3 heteroatoms. The first-order chi connectivity index (χ1) is 7.52. The van der Waals surface area contributed by atoms with E-state index in [1.807, 2.05) is 17.9 Å². The van der Waals surface area contributed by atoms with E-state index in [-0.39, 0.29) is 0 Å². The summed E-state index contributed by atoms with van der Waals surface area (Å²) < 4.78 is 1.98. The Hall–Kier alpha value is -0.830. The fourth-order valence-corrected chi connectivity index (χ4v) is 1.90. The van der Waals surface area contributed by atoms with Crippen LogP contribution in [0.4, 0.5) is 0 Å². The van der Waals surface area contributed by atoms with Crippen molar-refractivity contribution in [3.63, 3.8) is 0 Å². The number of aryl methyl sites for hydroxylation is 1. The Bertz CT molecular complexity index is 304. The average molecular weight is 223 g/mol. The molecule has 1 heterocycles. The van der Waals surface area contributed by atoms with Gasteiger partial charge in [0.1, 0.15) is 0 Å². The van der Waals surface area contributed by atoms with Gasteiger partial charge in [-0.25, -0.2) is 0 Å². The van der Waals surface area contributed by atoms with Gasteiger partial charge in [0, 0.05) is 24.9 Å². The monoisotopic (exact) mass is 223 g/mol. The second kappa shape index (κ2) is 6.04. The summed E-state index contributed by atoms with van der Waals surface area (Å²) in [7, 11) is 2.01. The normalized spacial score (nSPS) is 15.4. The molecular formula is C13H25N3. The summed E-state index contributed by atoms with van der Waals surface area (Å²) in [6.07, 6.45) is 1.88. The predicted molar refractivity (Wildman–Crippen MR) is 68.5 cm³/mol.